The highest BCUT2D eigenvalue weighted by Crippen LogP contribution is 1.98. The van der Waals surface area contributed by atoms with Crippen molar-refractivity contribution in [2.24, 2.45) is 0 Å². The lowest BCUT2D eigenvalue weighted by Crippen LogP contribution is -2.09. The van der Waals surface area contributed by atoms with E-state index in [1.807, 2.05) is 0 Å². The largest absolute Gasteiger partial charge is 0.466 e. The molecule has 1 rings (SSSR count). The Morgan fingerprint density at radius 3 is 2.85 bits per heavy atom. The second-order valence-electron chi connectivity index (χ2n) is 2.43. The second kappa shape index (κ2) is 4.39. The van der Waals surface area contributed by atoms with Crippen LogP contribution in [0.3, 0.4) is 0 Å². The average Bonchev–Trinajstić information content (AvgIpc) is 2.09. The number of nitrogens with two attached hydrogens (primary N) is 1. The highest BCUT2D eigenvalue weighted by molar-refractivity contribution is 5.71. The summed E-state index contributed by atoms with van der Waals surface area (Å²) in [6, 6.07) is 3.25. The summed E-state index contributed by atoms with van der Waals surface area (Å²) >= 11 is 0. The molecule has 0 spiro atoms. The molecule has 0 saturated carbocycles. The number of anilines is 1. The fourth-order valence-corrected chi connectivity index (χ4v) is 0.824. The zero-order valence-electron chi connectivity index (χ0n) is 7.36. The van der Waals surface area contributed by atoms with Gasteiger partial charge in [-0.3, -0.25) is 4.79 Å². The molecule has 5 nitrogen and oxygen atoms in total. The van der Waals surface area contributed by atoms with E-state index in [2.05, 4.69) is 10.2 Å². The van der Waals surface area contributed by atoms with Crippen LogP contribution < -0.4 is 5.73 Å². The number of aromatic nitrogens is 2. The molecule has 70 valence electrons. The Morgan fingerprint density at radius 2 is 2.31 bits per heavy atom. The molecule has 5 heteroatoms. The SMILES string of the molecule is CCOC(=O)Cc1ccc(N)nn1. The fraction of sp³-hybridized carbons (Fsp3) is 0.375. The van der Waals surface area contributed by atoms with Gasteiger partial charge in [0.2, 0.25) is 0 Å². The second-order valence-corrected chi connectivity index (χ2v) is 2.43. The summed E-state index contributed by atoms with van der Waals surface area (Å²) in [7, 11) is 0. The summed E-state index contributed by atoms with van der Waals surface area (Å²) in [6.45, 7) is 2.13. The van der Waals surface area contributed by atoms with Crippen molar-refractivity contribution < 1.29 is 9.53 Å². The predicted octanol–water partition coefficient (Wildman–Crippen LogP) is 0.164. The predicted molar refractivity (Wildman–Crippen MR) is 46.8 cm³/mol. The molecule has 0 fully saturated rings. The lowest BCUT2D eigenvalue weighted by Gasteiger charge is -2.00. The first-order valence-corrected chi connectivity index (χ1v) is 3.96. The Hall–Kier alpha value is -1.65. The fourth-order valence-electron chi connectivity index (χ4n) is 0.824. The number of esters is 1. The number of nitrogen functional groups attached to an aromatic ring is 1. The monoisotopic (exact) mass is 181 g/mol. The van der Waals surface area contributed by atoms with Gasteiger partial charge in [0, 0.05) is 0 Å². The molecule has 0 aromatic carbocycles. The van der Waals surface area contributed by atoms with Crippen LogP contribution in [0.2, 0.25) is 0 Å². The number of hydrogen-bond acceptors (Lipinski definition) is 5. The average molecular weight is 181 g/mol. The number of ether oxygens (including phenoxy) is 1. The van der Waals surface area contributed by atoms with E-state index in [1.165, 1.54) is 0 Å². The maximum atomic E-state index is 11.0. The van der Waals surface area contributed by atoms with Crippen molar-refractivity contribution in [2.45, 2.75) is 13.3 Å². The molecule has 1 aromatic rings. The van der Waals surface area contributed by atoms with Crippen LogP contribution >= 0.6 is 0 Å². The van der Waals surface area contributed by atoms with Crippen molar-refractivity contribution in [2.75, 3.05) is 12.3 Å². The summed E-state index contributed by atoms with van der Waals surface area (Å²) in [4.78, 5) is 11.0. The minimum Gasteiger partial charge on any atom is -0.466 e. The number of nitrogens with zero attached hydrogens (tertiary/aromatic N) is 2. The van der Waals surface area contributed by atoms with E-state index in [4.69, 9.17) is 10.5 Å². The minimum absolute atomic E-state index is 0.140. The number of carbonyl (C=O) groups excluding carboxylic acids is 1. The molecule has 0 saturated heterocycles. The highest BCUT2D eigenvalue weighted by Gasteiger charge is 2.04. The lowest BCUT2D eigenvalue weighted by molar-refractivity contribution is -0.142. The molecule has 2 N–H and O–H groups in total. The van der Waals surface area contributed by atoms with Crippen LogP contribution in [0.15, 0.2) is 12.1 Å². The van der Waals surface area contributed by atoms with Crippen LogP contribution in [0.4, 0.5) is 5.82 Å². The van der Waals surface area contributed by atoms with Crippen LogP contribution in [0.1, 0.15) is 12.6 Å². The maximum absolute atomic E-state index is 11.0. The van der Waals surface area contributed by atoms with E-state index in [1.54, 1.807) is 19.1 Å². The van der Waals surface area contributed by atoms with Gasteiger partial charge in [0.05, 0.1) is 18.7 Å². The third-order valence-electron chi connectivity index (χ3n) is 1.37. The summed E-state index contributed by atoms with van der Waals surface area (Å²) in [5.74, 6) is 0.0363. The molecule has 0 radical (unpaired) electrons. The smallest absolute Gasteiger partial charge is 0.311 e. The zero-order valence-corrected chi connectivity index (χ0v) is 7.36. The van der Waals surface area contributed by atoms with Crippen LogP contribution in [0.25, 0.3) is 0 Å². The molecule has 0 atom stereocenters. The van der Waals surface area contributed by atoms with Crippen LogP contribution in [-0.2, 0) is 16.0 Å². The van der Waals surface area contributed by atoms with Gasteiger partial charge in [0.25, 0.3) is 0 Å². The van der Waals surface area contributed by atoms with Crippen molar-refractivity contribution in [3.63, 3.8) is 0 Å². The normalized spacial score (nSPS) is 9.62. The molecule has 0 amide bonds. The van der Waals surface area contributed by atoms with Gasteiger partial charge < -0.3 is 10.5 Å². The molecule has 0 aliphatic carbocycles. The minimum atomic E-state index is -0.304. The van der Waals surface area contributed by atoms with E-state index < -0.39 is 0 Å². The topological polar surface area (TPSA) is 78.1 Å². The van der Waals surface area contributed by atoms with E-state index >= 15 is 0 Å². The van der Waals surface area contributed by atoms with Crippen LogP contribution in [0, 0.1) is 0 Å². The lowest BCUT2D eigenvalue weighted by atomic mass is 10.3. The Labute approximate surface area is 75.9 Å². The first-order valence-electron chi connectivity index (χ1n) is 3.96. The van der Waals surface area contributed by atoms with E-state index in [-0.39, 0.29) is 12.4 Å². The Morgan fingerprint density at radius 1 is 1.54 bits per heavy atom. The first kappa shape index (κ1) is 9.44. The number of rotatable bonds is 3. The Balaban J connectivity index is 2.54. The standard InChI is InChI=1S/C8H11N3O2/c1-2-13-8(12)5-6-3-4-7(9)11-10-6/h3-4H,2,5H2,1H3,(H2,9,11). The van der Waals surface area contributed by atoms with Crippen molar-refractivity contribution in [3.8, 4) is 0 Å². The molecule has 1 heterocycles. The first-order chi connectivity index (χ1) is 6.22. The molecular weight excluding hydrogens is 170 g/mol. The van der Waals surface area contributed by atoms with Gasteiger partial charge in [-0.15, -0.1) is 5.10 Å². The Kier molecular flexibility index (Phi) is 3.19. The Bertz CT molecular complexity index is 284. The van der Waals surface area contributed by atoms with Gasteiger partial charge in [-0.25, -0.2) is 0 Å². The van der Waals surface area contributed by atoms with E-state index in [0.29, 0.717) is 18.1 Å². The zero-order chi connectivity index (χ0) is 9.68. The molecule has 0 bridgehead atoms. The van der Waals surface area contributed by atoms with Gasteiger partial charge in [-0.05, 0) is 19.1 Å². The molecule has 0 aliphatic rings. The summed E-state index contributed by atoms with van der Waals surface area (Å²) < 4.78 is 4.74. The van der Waals surface area contributed by atoms with Gasteiger partial charge in [-0.2, -0.15) is 5.10 Å². The van der Waals surface area contributed by atoms with Gasteiger partial charge in [-0.1, -0.05) is 0 Å². The van der Waals surface area contributed by atoms with Crippen LogP contribution in [-0.4, -0.2) is 22.8 Å². The van der Waals surface area contributed by atoms with Crippen molar-refractivity contribution in [1.82, 2.24) is 10.2 Å². The van der Waals surface area contributed by atoms with Gasteiger partial charge >= 0.3 is 5.97 Å². The molecule has 0 aliphatic heterocycles. The molecule has 0 unspecified atom stereocenters. The van der Waals surface area contributed by atoms with Crippen LogP contribution in [0.5, 0.6) is 0 Å². The van der Waals surface area contributed by atoms with Crippen molar-refractivity contribution in [1.29, 1.82) is 0 Å². The van der Waals surface area contributed by atoms with Crippen molar-refractivity contribution in [3.05, 3.63) is 17.8 Å². The molecule has 13 heavy (non-hydrogen) atoms. The summed E-state index contributed by atoms with van der Waals surface area (Å²) in [6.07, 6.45) is 0.140. The quantitative estimate of drug-likeness (QED) is 0.672. The van der Waals surface area contributed by atoms with Gasteiger partial charge in [0.15, 0.2) is 0 Å². The molecular formula is C8H11N3O2. The highest BCUT2D eigenvalue weighted by atomic mass is 16.5. The van der Waals surface area contributed by atoms with E-state index in [0.717, 1.165) is 0 Å². The van der Waals surface area contributed by atoms with Crippen molar-refractivity contribution >= 4 is 11.8 Å². The molecule has 1 aromatic heterocycles. The van der Waals surface area contributed by atoms with Gasteiger partial charge in [0.1, 0.15) is 5.82 Å². The third-order valence-corrected chi connectivity index (χ3v) is 1.37. The maximum Gasteiger partial charge on any atom is 0.311 e. The number of hydrogen-bond donors (Lipinski definition) is 1. The summed E-state index contributed by atoms with van der Waals surface area (Å²) in [5, 5.41) is 7.34. The number of carbonyl (C=O) groups is 1. The third kappa shape index (κ3) is 3.06. The van der Waals surface area contributed by atoms with E-state index in [9.17, 15) is 4.79 Å². The summed E-state index contributed by atoms with van der Waals surface area (Å²) in [5.41, 5.74) is 5.89.